The molecule has 1 rings (SSSR count). The highest BCUT2D eigenvalue weighted by Crippen LogP contribution is 2.23. The predicted molar refractivity (Wildman–Crippen MR) is 70.8 cm³/mol. The Balaban J connectivity index is 3.03. The molecule has 2 nitrogen and oxygen atoms in total. The Kier molecular flexibility index (Phi) is 4.88. The normalized spacial score (nSPS) is 26.5. The third-order valence-corrected chi connectivity index (χ3v) is 3.21. The number of aliphatic hydroxyl groups excluding tert-OH is 1. The number of Topliss-reactive ketones (excluding diaryl/α,β-unsaturated/α-hetero) is 1. The highest BCUT2D eigenvalue weighted by molar-refractivity contribution is 5.97. The van der Waals surface area contributed by atoms with E-state index in [0.717, 1.165) is 35.1 Å². The average molecular weight is 234 g/mol. The molecule has 2 heteroatoms. The van der Waals surface area contributed by atoms with Crippen molar-refractivity contribution in [3.8, 4) is 0 Å². The molecule has 0 bridgehead atoms. The summed E-state index contributed by atoms with van der Waals surface area (Å²) < 4.78 is 0. The van der Waals surface area contributed by atoms with E-state index in [9.17, 15) is 9.90 Å². The number of hydrogen-bond donors (Lipinski definition) is 1. The van der Waals surface area contributed by atoms with Crippen LogP contribution in [0.4, 0.5) is 0 Å². The van der Waals surface area contributed by atoms with Crippen LogP contribution >= 0.6 is 0 Å². The molecule has 0 heterocycles. The van der Waals surface area contributed by atoms with Gasteiger partial charge in [0.25, 0.3) is 0 Å². The van der Waals surface area contributed by atoms with Crippen LogP contribution in [0.25, 0.3) is 0 Å². The minimum atomic E-state index is -0.587. The zero-order chi connectivity index (χ0) is 13.0. The average Bonchev–Trinajstić information content (AvgIpc) is 2.23. The van der Waals surface area contributed by atoms with Gasteiger partial charge in [-0.1, -0.05) is 23.8 Å². The summed E-state index contributed by atoms with van der Waals surface area (Å²) in [5.74, 6) is 0.132. The molecular formula is C15H22O2. The summed E-state index contributed by atoms with van der Waals surface area (Å²) in [6, 6.07) is 0. The van der Waals surface area contributed by atoms with Gasteiger partial charge in [0, 0.05) is 12.8 Å². The Bertz CT molecular complexity index is 382. The molecule has 0 aromatic rings. The van der Waals surface area contributed by atoms with Crippen molar-refractivity contribution in [3.63, 3.8) is 0 Å². The van der Waals surface area contributed by atoms with E-state index in [1.54, 1.807) is 0 Å². The minimum Gasteiger partial charge on any atom is -0.388 e. The summed E-state index contributed by atoms with van der Waals surface area (Å²) in [6.07, 6.45) is 4.02. The molecule has 0 aliphatic heterocycles. The van der Waals surface area contributed by atoms with Crippen molar-refractivity contribution in [1.29, 1.82) is 0 Å². The second-order valence-electron chi connectivity index (χ2n) is 5.05. The minimum absolute atomic E-state index is 0.132. The number of allylic oxidation sites excluding steroid dienone is 3. The monoisotopic (exact) mass is 234 g/mol. The van der Waals surface area contributed by atoms with Gasteiger partial charge in [-0.05, 0) is 44.8 Å². The van der Waals surface area contributed by atoms with Crippen molar-refractivity contribution >= 4 is 5.78 Å². The van der Waals surface area contributed by atoms with Gasteiger partial charge in [0.2, 0.25) is 0 Å². The summed E-state index contributed by atoms with van der Waals surface area (Å²) in [4.78, 5) is 12.1. The fraction of sp³-hybridized carbons (Fsp3) is 0.533. The van der Waals surface area contributed by atoms with Gasteiger partial charge in [-0.25, -0.2) is 0 Å². The molecule has 0 amide bonds. The molecule has 17 heavy (non-hydrogen) atoms. The Morgan fingerprint density at radius 1 is 1.47 bits per heavy atom. The maximum Gasteiger partial charge on any atom is 0.162 e. The summed E-state index contributed by atoms with van der Waals surface area (Å²) in [5, 5.41) is 10.00. The molecule has 1 N–H and O–H groups in total. The molecule has 0 radical (unpaired) electrons. The van der Waals surface area contributed by atoms with Crippen LogP contribution in [0.5, 0.6) is 0 Å². The number of carbonyl (C=O) groups excluding carboxylic acids is 1. The van der Waals surface area contributed by atoms with E-state index in [1.807, 2.05) is 20.8 Å². The number of hydrogen-bond acceptors (Lipinski definition) is 2. The van der Waals surface area contributed by atoms with E-state index in [-0.39, 0.29) is 5.78 Å². The third-order valence-electron chi connectivity index (χ3n) is 3.21. The van der Waals surface area contributed by atoms with Crippen LogP contribution in [0.3, 0.4) is 0 Å². The zero-order valence-corrected chi connectivity index (χ0v) is 11.0. The van der Waals surface area contributed by atoms with Crippen LogP contribution in [0.15, 0.2) is 34.9 Å². The van der Waals surface area contributed by atoms with Gasteiger partial charge >= 0.3 is 0 Å². The maximum absolute atomic E-state index is 12.1. The fourth-order valence-corrected chi connectivity index (χ4v) is 2.04. The maximum atomic E-state index is 12.1. The Hall–Kier alpha value is -1.15. The Labute approximate surface area is 104 Å². The topological polar surface area (TPSA) is 37.3 Å². The Morgan fingerprint density at radius 2 is 2.12 bits per heavy atom. The van der Waals surface area contributed by atoms with Crippen LogP contribution in [-0.4, -0.2) is 17.0 Å². The standard InChI is InChI=1S/C15H22O2/c1-10(2)13-9-14(16)12(4)7-5-6-11(3)8-15(13)17/h6,14,16H,4-5,7-9H2,1-3H3/b11-6+. The van der Waals surface area contributed by atoms with Gasteiger partial charge < -0.3 is 5.11 Å². The van der Waals surface area contributed by atoms with Gasteiger partial charge in [0.05, 0.1) is 6.10 Å². The lowest BCUT2D eigenvalue weighted by molar-refractivity contribution is -0.115. The van der Waals surface area contributed by atoms with Gasteiger partial charge in [0.15, 0.2) is 5.78 Å². The van der Waals surface area contributed by atoms with Crippen molar-refractivity contribution < 1.29 is 9.90 Å². The van der Waals surface area contributed by atoms with Crippen molar-refractivity contribution in [2.45, 2.75) is 52.6 Å². The first kappa shape index (κ1) is 13.9. The summed E-state index contributed by atoms with van der Waals surface area (Å²) >= 11 is 0. The fourth-order valence-electron chi connectivity index (χ4n) is 2.04. The van der Waals surface area contributed by atoms with Crippen LogP contribution in [0.1, 0.15) is 46.5 Å². The first-order valence-corrected chi connectivity index (χ1v) is 6.12. The number of rotatable bonds is 0. The lowest BCUT2D eigenvalue weighted by Gasteiger charge is -2.18. The van der Waals surface area contributed by atoms with Crippen molar-refractivity contribution in [3.05, 3.63) is 34.9 Å². The van der Waals surface area contributed by atoms with Gasteiger partial charge in [0.1, 0.15) is 0 Å². The van der Waals surface area contributed by atoms with Crippen LogP contribution in [0.2, 0.25) is 0 Å². The van der Waals surface area contributed by atoms with Crippen molar-refractivity contribution in [1.82, 2.24) is 0 Å². The molecule has 0 saturated heterocycles. The van der Waals surface area contributed by atoms with Crippen LogP contribution in [0, 0.1) is 0 Å². The number of carbonyl (C=O) groups is 1. The van der Waals surface area contributed by atoms with E-state index < -0.39 is 6.10 Å². The molecule has 0 aromatic carbocycles. The molecule has 94 valence electrons. The number of aliphatic hydroxyl groups is 1. The van der Waals surface area contributed by atoms with Gasteiger partial charge in [-0.15, -0.1) is 0 Å². The molecule has 1 atom stereocenters. The van der Waals surface area contributed by atoms with Gasteiger partial charge in [-0.3, -0.25) is 4.79 Å². The summed E-state index contributed by atoms with van der Waals surface area (Å²) in [6.45, 7) is 9.74. The molecule has 0 aromatic heterocycles. The second-order valence-corrected chi connectivity index (χ2v) is 5.05. The number of ketones is 1. The zero-order valence-electron chi connectivity index (χ0n) is 11.0. The SMILES string of the molecule is C=C1CC/C=C(\C)CC(=O)C(=C(C)C)CC1O. The first-order valence-electron chi connectivity index (χ1n) is 6.12. The Morgan fingerprint density at radius 3 is 2.71 bits per heavy atom. The van der Waals surface area contributed by atoms with Crippen molar-refractivity contribution in [2.24, 2.45) is 0 Å². The van der Waals surface area contributed by atoms with E-state index in [0.29, 0.717) is 12.8 Å². The second kappa shape index (κ2) is 5.97. The van der Waals surface area contributed by atoms with E-state index >= 15 is 0 Å². The largest absolute Gasteiger partial charge is 0.388 e. The highest BCUT2D eigenvalue weighted by atomic mass is 16.3. The molecule has 1 aliphatic rings. The summed E-state index contributed by atoms with van der Waals surface area (Å²) in [5.41, 5.74) is 3.68. The van der Waals surface area contributed by atoms with E-state index in [1.165, 1.54) is 0 Å². The molecule has 0 saturated carbocycles. The molecule has 1 unspecified atom stereocenters. The quantitative estimate of drug-likeness (QED) is 0.515. The highest BCUT2D eigenvalue weighted by Gasteiger charge is 2.19. The molecule has 0 fully saturated rings. The lowest BCUT2D eigenvalue weighted by Crippen LogP contribution is -2.17. The third kappa shape index (κ3) is 3.97. The first-order chi connectivity index (χ1) is 7.91. The molecule has 0 spiro atoms. The molecular weight excluding hydrogens is 212 g/mol. The smallest absolute Gasteiger partial charge is 0.162 e. The van der Waals surface area contributed by atoms with E-state index in [4.69, 9.17) is 0 Å². The van der Waals surface area contributed by atoms with Crippen LogP contribution in [-0.2, 0) is 4.79 Å². The lowest BCUT2D eigenvalue weighted by atomic mass is 9.90. The van der Waals surface area contributed by atoms with Crippen LogP contribution < -0.4 is 0 Å². The van der Waals surface area contributed by atoms with Crippen molar-refractivity contribution in [2.75, 3.05) is 0 Å². The van der Waals surface area contributed by atoms with Gasteiger partial charge in [-0.2, -0.15) is 0 Å². The van der Waals surface area contributed by atoms with E-state index in [2.05, 4.69) is 12.7 Å². The predicted octanol–water partition coefficient (Wildman–Crippen LogP) is 3.33. The molecule has 1 aliphatic carbocycles. The summed E-state index contributed by atoms with van der Waals surface area (Å²) in [7, 11) is 0.